The first-order valence-corrected chi connectivity index (χ1v) is 5.45. The summed E-state index contributed by atoms with van der Waals surface area (Å²) in [7, 11) is 0. The quantitative estimate of drug-likeness (QED) is 0.686. The molecule has 0 N–H and O–H groups in total. The zero-order chi connectivity index (χ0) is 11.5. The van der Waals surface area contributed by atoms with Crippen LogP contribution in [0.4, 0.5) is 0 Å². The second-order valence-corrected chi connectivity index (χ2v) is 5.36. The highest BCUT2D eigenvalue weighted by Gasteiger charge is 2.20. The average Bonchev–Trinajstić information content (AvgIpc) is 2.14. The fourth-order valence-corrected chi connectivity index (χ4v) is 1.89. The third kappa shape index (κ3) is 3.50. The van der Waals surface area contributed by atoms with Gasteiger partial charge >= 0.3 is 0 Å². The van der Waals surface area contributed by atoms with Crippen LogP contribution in [0.1, 0.15) is 44.2 Å². The summed E-state index contributed by atoms with van der Waals surface area (Å²) in [5.41, 5.74) is 2.56. The van der Waals surface area contributed by atoms with Crippen LogP contribution in [0.15, 0.2) is 24.3 Å². The van der Waals surface area contributed by atoms with E-state index in [1.807, 2.05) is 12.1 Å². The number of carbonyl (C=O) groups is 1. The van der Waals surface area contributed by atoms with Crippen LogP contribution in [0.2, 0.25) is 0 Å². The van der Waals surface area contributed by atoms with Crippen molar-refractivity contribution in [2.45, 2.75) is 40.0 Å². The Morgan fingerprint density at radius 3 is 2.33 bits per heavy atom. The molecule has 0 saturated heterocycles. The summed E-state index contributed by atoms with van der Waals surface area (Å²) >= 11 is 0. The predicted octanol–water partition coefficient (Wildman–Crippen LogP) is 3.71. The van der Waals surface area contributed by atoms with E-state index in [1.54, 1.807) is 0 Å². The number of hydrogen-bond donors (Lipinski definition) is 0. The van der Waals surface area contributed by atoms with Gasteiger partial charge in [-0.3, -0.25) is 0 Å². The second kappa shape index (κ2) is 4.61. The Balaban J connectivity index is 2.93. The van der Waals surface area contributed by atoms with Gasteiger partial charge in [0.25, 0.3) is 0 Å². The van der Waals surface area contributed by atoms with Gasteiger partial charge in [-0.25, -0.2) is 0 Å². The van der Waals surface area contributed by atoms with Crippen molar-refractivity contribution in [1.29, 1.82) is 0 Å². The Labute approximate surface area is 92.5 Å². The molecule has 0 amide bonds. The number of rotatable bonds is 3. The van der Waals surface area contributed by atoms with Crippen LogP contribution < -0.4 is 0 Å². The van der Waals surface area contributed by atoms with Crippen LogP contribution in [0.5, 0.6) is 0 Å². The highest BCUT2D eigenvalue weighted by molar-refractivity contribution is 5.63. The molecule has 0 heterocycles. The van der Waals surface area contributed by atoms with Crippen molar-refractivity contribution in [3.8, 4) is 0 Å². The van der Waals surface area contributed by atoms with Crippen LogP contribution >= 0.6 is 0 Å². The lowest BCUT2D eigenvalue weighted by Gasteiger charge is -2.23. The fraction of sp³-hybridized carbons (Fsp3) is 0.500. The Morgan fingerprint density at radius 1 is 1.27 bits per heavy atom. The molecular weight excluding hydrogens is 184 g/mol. The molecule has 0 aliphatic heterocycles. The first kappa shape index (κ1) is 12.0. The molecule has 0 saturated carbocycles. The Kier molecular flexibility index (Phi) is 3.67. The number of carbonyl (C=O) groups excluding carboxylic acids is 1. The summed E-state index contributed by atoms with van der Waals surface area (Å²) in [6, 6.07) is 8.13. The third-order valence-electron chi connectivity index (χ3n) is 2.58. The lowest BCUT2D eigenvalue weighted by atomic mass is 9.81. The molecule has 15 heavy (non-hydrogen) atoms. The highest BCUT2D eigenvalue weighted by atomic mass is 16.1. The monoisotopic (exact) mass is 204 g/mol. The smallest absolute Gasteiger partial charge is 0.127 e. The van der Waals surface area contributed by atoms with Crippen molar-refractivity contribution >= 4 is 6.29 Å². The molecule has 1 rings (SSSR count). The zero-order valence-corrected chi connectivity index (χ0v) is 10.1. The van der Waals surface area contributed by atoms with E-state index >= 15 is 0 Å². The largest absolute Gasteiger partial charge is 0.303 e. The first-order chi connectivity index (χ1) is 6.94. The van der Waals surface area contributed by atoms with Gasteiger partial charge in [-0.15, -0.1) is 0 Å². The van der Waals surface area contributed by atoms with E-state index in [2.05, 4.69) is 39.8 Å². The van der Waals surface area contributed by atoms with Gasteiger partial charge in [0, 0.05) is 5.92 Å². The van der Waals surface area contributed by atoms with E-state index < -0.39 is 0 Å². The summed E-state index contributed by atoms with van der Waals surface area (Å²) in [6.07, 6.45) is 1.98. The van der Waals surface area contributed by atoms with E-state index in [9.17, 15) is 4.79 Å². The summed E-state index contributed by atoms with van der Waals surface area (Å²) in [5.74, 6) is 0.0335. The topological polar surface area (TPSA) is 17.1 Å². The van der Waals surface area contributed by atoms with Gasteiger partial charge in [0.05, 0.1) is 0 Å². The first-order valence-electron chi connectivity index (χ1n) is 5.45. The van der Waals surface area contributed by atoms with Crippen molar-refractivity contribution < 1.29 is 4.79 Å². The molecular formula is C14H20O. The molecule has 82 valence electrons. The van der Waals surface area contributed by atoms with Gasteiger partial charge in [-0.2, -0.15) is 0 Å². The molecule has 1 aromatic rings. The van der Waals surface area contributed by atoms with E-state index in [1.165, 1.54) is 11.1 Å². The van der Waals surface area contributed by atoms with Crippen molar-refractivity contribution in [3.63, 3.8) is 0 Å². The molecule has 0 spiro atoms. The maximum atomic E-state index is 11.1. The van der Waals surface area contributed by atoms with Crippen molar-refractivity contribution in [2.75, 3.05) is 0 Å². The number of aryl methyl sites for hydroxylation is 1. The maximum absolute atomic E-state index is 11.1. The molecule has 1 nitrogen and oxygen atoms in total. The van der Waals surface area contributed by atoms with Crippen molar-refractivity contribution in [3.05, 3.63) is 35.4 Å². The molecule has 0 aromatic heterocycles. The number of hydrogen-bond acceptors (Lipinski definition) is 1. The van der Waals surface area contributed by atoms with Gasteiger partial charge in [-0.05, 0) is 29.9 Å². The minimum absolute atomic E-state index is 0.0335. The lowest BCUT2D eigenvalue weighted by molar-refractivity contribution is -0.109. The molecule has 0 aliphatic rings. The van der Waals surface area contributed by atoms with Gasteiger partial charge in [0.1, 0.15) is 6.29 Å². The maximum Gasteiger partial charge on any atom is 0.127 e. The molecule has 1 unspecified atom stereocenters. The molecule has 0 bridgehead atoms. The van der Waals surface area contributed by atoms with Gasteiger partial charge in [0.15, 0.2) is 0 Å². The summed E-state index contributed by atoms with van der Waals surface area (Å²) in [5, 5.41) is 0. The minimum atomic E-state index is 0.0335. The minimum Gasteiger partial charge on any atom is -0.303 e. The SMILES string of the molecule is Cc1ccccc1C(C=O)CC(C)(C)C. The summed E-state index contributed by atoms with van der Waals surface area (Å²) < 4.78 is 0. The van der Waals surface area contributed by atoms with Gasteiger partial charge in [0.2, 0.25) is 0 Å². The number of aldehydes is 1. The Hall–Kier alpha value is -1.11. The molecule has 0 aliphatic carbocycles. The van der Waals surface area contributed by atoms with Crippen molar-refractivity contribution in [1.82, 2.24) is 0 Å². The molecule has 1 aromatic carbocycles. The summed E-state index contributed by atoms with van der Waals surface area (Å²) in [6.45, 7) is 8.57. The molecule has 0 fully saturated rings. The third-order valence-corrected chi connectivity index (χ3v) is 2.58. The van der Waals surface area contributed by atoms with Crippen LogP contribution in [0, 0.1) is 12.3 Å². The highest BCUT2D eigenvalue weighted by Crippen LogP contribution is 2.31. The summed E-state index contributed by atoms with van der Waals surface area (Å²) in [4.78, 5) is 11.1. The fourth-order valence-electron chi connectivity index (χ4n) is 1.89. The molecule has 0 radical (unpaired) electrons. The zero-order valence-electron chi connectivity index (χ0n) is 10.1. The van der Waals surface area contributed by atoms with Crippen molar-refractivity contribution in [2.24, 2.45) is 5.41 Å². The van der Waals surface area contributed by atoms with Crippen LogP contribution in [-0.2, 0) is 4.79 Å². The van der Waals surface area contributed by atoms with E-state index in [4.69, 9.17) is 0 Å². The Bertz CT molecular complexity index is 333. The second-order valence-electron chi connectivity index (χ2n) is 5.36. The predicted molar refractivity (Wildman–Crippen MR) is 64.1 cm³/mol. The van der Waals surface area contributed by atoms with E-state index in [0.29, 0.717) is 0 Å². The van der Waals surface area contributed by atoms with E-state index in [0.717, 1.165) is 12.7 Å². The van der Waals surface area contributed by atoms with Crippen LogP contribution in [0.3, 0.4) is 0 Å². The Morgan fingerprint density at radius 2 is 1.87 bits per heavy atom. The van der Waals surface area contributed by atoms with Gasteiger partial charge in [-0.1, -0.05) is 45.0 Å². The van der Waals surface area contributed by atoms with Crippen LogP contribution in [-0.4, -0.2) is 6.29 Å². The van der Waals surface area contributed by atoms with E-state index in [-0.39, 0.29) is 11.3 Å². The van der Waals surface area contributed by atoms with Gasteiger partial charge < -0.3 is 4.79 Å². The average molecular weight is 204 g/mol. The van der Waals surface area contributed by atoms with Crippen LogP contribution in [0.25, 0.3) is 0 Å². The number of benzene rings is 1. The normalized spacial score (nSPS) is 13.6. The standard InChI is InChI=1S/C14H20O/c1-11-7-5-6-8-13(11)12(10-15)9-14(2,3)4/h5-8,10,12H,9H2,1-4H3. The molecule has 1 heteroatoms. The lowest BCUT2D eigenvalue weighted by Crippen LogP contribution is -2.13. The molecule has 1 atom stereocenters.